The number of nitro groups is 1. The van der Waals surface area contributed by atoms with E-state index >= 15 is 0 Å². The van der Waals surface area contributed by atoms with Gasteiger partial charge < -0.3 is 9.66 Å². The maximum atomic E-state index is 10.8. The first kappa shape index (κ1) is 15.9. The summed E-state index contributed by atoms with van der Waals surface area (Å²) in [6.45, 7) is 0. The zero-order valence-corrected chi connectivity index (χ0v) is 12.5. The monoisotopic (exact) mass is 291 g/mol. The number of rotatable bonds is 2. The molecule has 0 saturated heterocycles. The fraction of sp³-hybridized carbons (Fsp3) is 0. The summed E-state index contributed by atoms with van der Waals surface area (Å²) in [5.41, 5.74) is -0.526. The average molecular weight is 291 g/mol. The molecule has 0 bridgehead atoms. The summed E-state index contributed by atoms with van der Waals surface area (Å²) >= 11 is 0. The first-order valence-electron chi connectivity index (χ1n) is 4.67. The van der Waals surface area contributed by atoms with Crippen LogP contribution in [0.3, 0.4) is 0 Å². The summed E-state index contributed by atoms with van der Waals surface area (Å²) in [7, 11) is -4.62. The van der Waals surface area contributed by atoms with E-state index in [4.69, 9.17) is 0 Å². The number of aromatic hydroxyl groups is 1. The largest absolute Gasteiger partial charge is 1.00 e. The van der Waals surface area contributed by atoms with Gasteiger partial charge in [0.1, 0.15) is 10.1 Å². The molecule has 9 heteroatoms. The topological polar surface area (TPSA) is 121 Å². The van der Waals surface area contributed by atoms with Crippen LogP contribution >= 0.6 is 0 Å². The quantitative estimate of drug-likeness (QED) is 0.307. The van der Waals surface area contributed by atoms with Crippen LogP contribution in [0, 0.1) is 10.1 Å². The SMILES string of the molecule is O=[N+]([O-])c1c(O)ccc2cc(S(=O)(=O)[O-])ccc12.[Na+]. The van der Waals surface area contributed by atoms with Gasteiger partial charge >= 0.3 is 35.2 Å². The van der Waals surface area contributed by atoms with Crippen molar-refractivity contribution in [1.82, 2.24) is 0 Å². The second-order valence-corrected chi connectivity index (χ2v) is 4.91. The first-order chi connectivity index (χ1) is 8.30. The van der Waals surface area contributed by atoms with E-state index in [1.165, 1.54) is 6.07 Å². The van der Waals surface area contributed by atoms with Gasteiger partial charge in [-0.05, 0) is 29.7 Å². The van der Waals surface area contributed by atoms with Crippen molar-refractivity contribution < 1.29 is 52.6 Å². The van der Waals surface area contributed by atoms with E-state index in [-0.39, 0.29) is 40.3 Å². The van der Waals surface area contributed by atoms with Crippen molar-refractivity contribution >= 4 is 26.6 Å². The molecule has 2 aromatic rings. The Morgan fingerprint density at radius 3 is 2.32 bits per heavy atom. The van der Waals surface area contributed by atoms with E-state index in [0.29, 0.717) is 0 Å². The number of fused-ring (bicyclic) bond motifs is 1. The molecule has 0 aliphatic heterocycles. The summed E-state index contributed by atoms with van der Waals surface area (Å²) in [5, 5.41) is 20.4. The molecular weight excluding hydrogens is 285 g/mol. The molecular formula is C10H6NNaO6S. The molecule has 0 atom stereocenters. The van der Waals surface area contributed by atoms with E-state index in [2.05, 4.69) is 0 Å². The van der Waals surface area contributed by atoms with Gasteiger partial charge in [0.25, 0.3) is 0 Å². The molecule has 1 N–H and O–H groups in total. The molecule has 2 rings (SSSR count). The third kappa shape index (κ3) is 3.04. The number of benzene rings is 2. The number of phenolic OH excluding ortho intramolecular Hbond substituents is 1. The van der Waals surface area contributed by atoms with Crippen LogP contribution in [0.15, 0.2) is 35.2 Å². The number of phenols is 1. The fourth-order valence-corrected chi connectivity index (χ4v) is 2.13. The van der Waals surface area contributed by atoms with Crippen molar-refractivity contribution in [2.24, 2.45) is 0 Å². The molecule has 0 aliphatic carbocycles. The average Bonchev–Trinajstić information content (AvgIpc) is 2.26. The first-order valence-corrected chi connectivity index (χ1v) is 6.07. The number of hydrogen-bond donors (Lipinski definition) is 1. The summed E-state index contributed by atoms with van der Waals surface area (Å²) in [4.78, 5) is 9.53. The van der Waals surface area contributed by atoms with Crippen LogP contribution in [0.2, 0.25) is 0 Å². The van der Waals surface area contributed by atoms with Gasteiger partial charge in [-0.25, -0.2) is 8.42 Å². The second-order valence-electron chi connectivity index (χ2n) is 3.53. The number of nitro benzene ring substituents is 1. The van der Waals surface area contributed by atoms with Crippen LogP contribution < -0.4 is 29.6 Å². The van der Waals surface area contributed by atoms with Crippen LogP contribution in [0.1, 0.15) is 0 Å². The van der Waals surface area contributed by atoms with Crippen LogP contribution in [0.4, 0.5) is 5.69 Å². The van der Waals surface area contributed by atoms with E-state index in [1.54, 1.807) is 0 Å². The van der Waals surface area contributed by atoms with E-state index in [9.17, 15) is 28.2 Å². The molecule has 0 heterocycles. The molecule has 0 aromatic heterocycles. The zero-order valence-electron chi connectivity index (χ0n) is 9.73. The molecule has 2 aromatic carbocycles. The van der Waals surface area contributed by atoms with E-state index < -0.39 is 31.4 Å². The van der Waals surface area contributed by atoms with Gasteiger partial charge in [-0.2, -0.15) is 0 Å². The molecule has 0 amide bonds. The minimum atomic E-state index is -4.62. The van der Waals surface area contributed by atoms with Crippen molar-refractivity contribution in [3.63, 3.8) is 0 Å². The summed E-state index contributed by atoms with van der Waals surface area (Å²) < 4.78 is 32.5. The predicted octanol–water partition coefficient (Wildman–Crippen LogP) is -1.64. The summed E-state index contributed by atoms with van der Waals surface area (Å²) in [6.07, 6.45) is 0. The Labute approximate surface area is 130 Å². The fourth-order valence-electron chi connectivity index (χ4n) is 1.63. The number of nitrogens with zero attached hydrogens (tertiary/aromatic N) is 1. The van der Waals surface area contributed by atoms with Gasteiger partial charge in [-0.1, -0.05) is 6.07 Å². The molecule has 7 nitrogen and oxygen atoms in total. The molecule has 19 heavy (non-hydrogen) atoms. The molecule has 94 valence electrons. The van der Waals surface area contributed by atoms with E-state index in [0.717, 1.165) is 24.3 Å². The van der Waals surface area contributed by atoms with Gasteiger partial charge in [-0.3, -0.25) is 10.1 Å². The third-order valence-electron chi connectivity index (χ3n) is 2.41. The third-order valence-corrected chi connectivity index (χ3v) is 3.24. The van der Waals surface area contributed by atoms with Gasteiger partial charge in [0.05, 0.1) is 15.2 Å². The van der Waals surface area contributed by atoms with Crippen LogP contribution in [-0.2, 0) is 10.1 Å². The Hall–Kier alpha value is -1.19. The molecule has 0 radical (unpaired) electrons. The van der Waals surface area contributed by atoms with Gasteiger partial charge in [0, 0.05) is 0 Å². The molecule has 0 unspecified atom stereocenters. The van der Waals surface area contributed by atoms with Crippen molar-refractivity contribution in [2.75, 3.05) is 0 Å². The van der Waals surface area contributed by atoms with Crippen molar-refractivity contribution in [3.05, 3.63) is 40.4 Å². The minimum absolute atomic E-state index is 0. The van der Waals surface area contributed by atoms with Crippen molar-refractivity contribution in [3.8, 4) is 5.75 Å². The van der Waals surface area contributed by atoms with Crippen LogP contribution in [0.5, 0.6) is 5.75 Å². The Morgan fingerprint density at radius 2 is 1.79 bits per heavy atom. The Bertz CT molecular complexity index is 758. The van der Waals surface area contributed by atoms with Gasteiger partial charge in [0.2, 0.25) is 0 Å². The predicted molar refractivity (Wildman–Crippen MR) is 60.2 cm³/mol. The maximum absolute atomic E-state index is 10.8. The Kier molecular flexibility index (Phi) is 4.54. The van der Waals surface area contributed by atoms with E-state index in [1.807, 2.05) is 0 Å². The summed E-state index contributed by atoms with van der Waals surface area (Å²) in [6, 6.07) is 5.49. The Morgan fingerprint density at radius 1 is 1.16 bits per heavy atom. The molecule has 0 aliphatic rings. The smallest absolute Gasteiger partial charge is 0.744 e. The number of hydrogen-bond acceptors (Lipinski definition) is 6. The van der Waals surface area contributed by atoms with Crippen LogP contribution in [0.25, 0.3) is 10.8 Å². The van der Waals surface area contributed by atoms with Crippen molar-refractivity contribution in [1.29, 1.82) is 0 Å². The normalized spacial score (nSPS) is 11.0. The standard InChI is InChI=1S/C10H7NO6S.Na/c12-9-4-1-6-5-7(18(15,16)17)2-3-8(6)10(9)11(13)14;/h1-5,12H,(H,15,16,17);/q;+1/p-1. The van der Waals surface area contributed by atoms with Crippen molar-refractivity contribution in [2.45, 2.75) is 4.90 Å². The molecule has 0 spiro atoms. The zero-order chi connectivity index (χ0) is 13.5. The van der Waals surface area contributed by atoms with Crippen LogP contribution in [-0.4, -0.2) is 23.0 Å². The Balaban J connectivity index is 0.00000180. The second kappa shape index (κ2) is 5.43. The summed E-state index contributed by atoms with van der Waals surface area (Å²) in [5.74, 6) is -0.523. The van der Waals surface area contributed by atoms with Gasteiger partial charge in [0.15, 0.2) is 5.75 Å². The molecule has 0 fully saturated rings. The minimum Gasteiger partial charge on any atom is -0.744 e. The van der Waals surface area contributed by atoms with Gasteiger partial charge in [-0.15, -0.1) is 0 Å². The molecule has 0 saturated carbocycles. The maximum Gasteiger partial charge on any atom is 1.00 e.